The maximum Gasteiger partial charge on any atom is 0.453 e. The molecule has 0 heterocycles. The zero-order chi connectivity index (χ0) is 29.0. The Bertz CT molecular complexity index is 954. The molecule has 0 saturated heterocycles. The predicted molar refractivity (Wildman–Crippen MR) is 152 cm³/mol. The number of benzene rings is 1. The highest BCUT2D eigenvalue weighted by Crippen LogP contribution is 2.62. The number of phenolic OH excluding ortho intramolecular Hbond substituents is 1. The second-order valence-corrected chi connectivity index (χ2v) is 14.2. The van der Waals surface area contributed by atoms with Crippen molar-refractivity contribution in [3.8, 4) is 5.75 Å². The Kier molecular flexibility index (Phi) is 10.8. The molecule has 0 bridgehead atoms. The van der Waals surface area contributed by atoms with E-state index in [-0.39, 0.29) is 17.9 Å². The van der Waals surface area contributed by atoms with Gasteiger partial charge in [0.25, 0.3) is 0 Å². The van der Waals surface area contributed by atoms with Crippen LogP contribution >= 0.6 is 11.8 Å². The molecule has 4 rings (SSSR count). The van der Waals surface area contributed by atoms with Gasteiger partial charge in [0.15, 0.2) is 0 Å². The lowest BCUT2D eigenvalue weighted by molar-refractivity contribution is -0.284. The van der Waals surface area contributed by atoms with Crippen LogP contribution in [0.15, 0.2) is 18.2 Å². The molecule has 0 spiro atoms. The van der Waals surface area contributed by atoms with Crippen LogP contribution < -0.4 is 0 Å². The molecule has 2 N–H and O–H groups in total. The summed E-state index contributed by atoms with van der Waals surface area (Å²) in [7, 11) is 0. The number of alkyl halides is 5. The number of hydrogen-bond acceptors (Lipinski definition) is 3. The van der Waals surface area contributed by atoms with Crippen molar-refractivity contribution in [2.45, 2.75) is 127 Å². The molecule has 0 aromatic heterocycles. The van der Waals surface area contributed by atoms with Crippen molar-refractivity contribution in [3.63, 3.8) is 0 Å². The van der Waals surface area contributed by atoms with Crippen molar-refractivity contribution in [3.05, 3.63) is 29.3 Å². The smallest absolute Gasteiger partial charge is 0.453 e. The summed E-state index contributed by atoms with van der Waals surface area (Å²) in [5, 5.41) is 21.0. The first-order chi connectivity index (χ1) is 18.9. The number of aromatic hydroxyl groups is 1. The van der Waals surface area contributed by atoms with Crippen LogP contribution in [0.5, 0.6) is 5.75 Å². The molecular formula is C32H47F5O2S. The summed E-state index contributed by atoms with van der Waals surface area (Å²) in [4.78, 5) is 0. The number of rotatable bonds is 14. The first kappa shape index (κ1) is 31.9. The molecule has 1 aromatic rings. The quantitative estimate of drug-likeness (QED) is 0.167. The van der Waals surface area contributed by atoms with Crippen LogP contribution in [-0.4, -0.2) is 39.9 Å². The summed E-state index contributed by atoms with van der Waals surface area (Å²) in [5.41, 5.74) is 2.79. The second kappa shape index (κ2) is 13.5. The summed E-state index contributed by atoms with van der Waals surface area (Å²) < 4.78 is 62.4. The minimum absolute atomic E-state index is 0.0419. The molecule has 0 radical (unpaired) electrons. The van der Waals surface area contributed by atoms with Crippen LogP contribution in [0.2, 0.25) is 0 Å². The van der Waals surface area contributed by atoms with Gasteiger partial charge in [-0.1, -0.05) is 51.5 Å². The summed E-state index contributed by atoms with van der Waals surface area (Å²) in [6.07, 6.45) is 7.56. The molecule has 3 aliphatic rings. The summed E-state index contributed by atoms with van der Waals surface area (Å²) >= 11 is 1.47. The standard InChI is InChI=1S/C32H47F5O2S/c1-30-17-15-26-25-12-11-24(38)21-23(25)20-22(29(26)27(30)13-14-28(30)39)10-7-5-3-2-4-6-8-18-40-19-9-16-31(33,34)32(35,36)37/h11-12,21-22,26-29,38-39H,2-10,13-20H2,1H3. The van der Waals surface area contributed by atoms with Crippen LogP contribution in [-0.2, 0) is 6.42 Å². The van der Waals surface area contributed by atoms with E-state index in [2.05, 4.69) is 13.0 Å². The third-order valence-corrected chi connectivity index (χ3v) is 11.5. The van der Waals surface area contributed by atoms with Crippen molar-refractivity contribution >= 4 is 11.8 Å². The van der Waals surface area contributed by atoms with Crippen LogP contribution in [0, 0.1) is 23.2 Å². The average molecular weight is 591 g/mol. The highest BCUT2D eigenvalue weighted by molar-refractivity contribution is 7.99. The maximum atomic E-state index is 12.9. The fourth-order valence-corrected chi connectivity index (χ4v) is 9.13. The van der Waals surface area contributed by atoms with Crippen LogP contribution in [0.1, 0.15) is 114 Å². The fourth-order valence-electron chi connectivity index (χ4n) is 8.17. The third-order valence-electron chi connectivity index (χ3n) is 10.4. The van der Waals surface area contributed by atoms with Gasteiger partial charge in [-0.25, -0.2) is 0 Å². The topological polar surface area (TPSA) is 40.5 Å². The number of unbranched alkanes of at least 4 members (excludes halogenated alkanes) is 6. The van der Waals surface area contributed by atoms with Crippen LogP contribution in [0.4, 0.5) is 22.0 Å². The van der Waals surface area contributed by atoms with E-state index in [1.807, 2.05) is 12.1 Å². The van der Waals surface area contributed by atoms with Crippen LogP contribution in [0.25, 0.3) is 0 Å². The van der Waals surface area contributed by atoms with Gasteiger partial charge in [0, 0.05) is 6.42 Å². The SMILES string of the molecule is CC12CCC3c4ccc(O)cc4CC(CCCCCCCCCSCCCC(F)(F)C(F)(F)F)C3C1CCC2O. The number of phenols is 1. The van der Waals surface area contributed by atoms with E-state index < -0.39 is 18.5 Å². The number of halogens is 5. The molecule has 2 fully saturated rings. The Morgan fingerprint density at radius 2 is 1.57 bits per heavy atom. The second-order valence-electron chi connectivity index (χ2n) is 13.0. The van der Waals surface area contributed by atoms with Gasteiger partial charge in [-0.2, -0.15) is 33.7 Å². The minimum Gasteiger partial charge on any atom is -0.508 e. The van der Waals surface area contributed by atoms with Gasteiger partial charge in [0.2, 0.25) is 0 Å². The fraction of sp³-hybridized carbons (Fsp3) is 0.812. The Labute approximate surface area is 240 Å². The van der Waals surface area contributed by atoms with Crippen molar-refractivity contribution in [2.75, 3.05) is 11.5 Å². The number of hydrogen-bond donors (Lipinski definition) is 2. The number of aliphatic hydroxyl groups excluding tert-OH is 1. The van der Waals surface area contributed by atoms with Crippen LogP contribution in [0.3, 0.4) is 0 Å². The van der Waals surface area contributed by atoms with Gasteiger partial charge in [-0.05, 0) is 115 Å². The highest BCUT2D eigenvalue weighted by atomic mass is 32.2. The van der Waals surface area contributed by atoms with E-state index >= 15 is 0 Å². The lowest BCUT2D eigenvalue weighted by atomic mass is 9.52. The predicted octanol–water partition coefficient (Wildman–Crippen LogP) is 9.67. The molecule has 40 heavy (non-hydrogen) atoms. The van der Waals surface area contributed by atoms with E-state index in [0.29, 0.717) is 35.2 Å². The summed E-state index contributed by atoms with van der Waals surface area (Å²) in [6, 6.07) is 5.97. The maximum absolute atomic E-state index is 12.9. The van der Waals surface area contributed by atoms with Crippen molar-refractivity contribution in [1.29, 1.82) is 0 Å². The lowest BCUT2D eigenvalue weighted by Crippen LogP contribution is -2.47. The van der Waals surface area contributed by atoms with E-state index in [1.165, 1.54) is 55.0 Å². The van der Waals surface area contributed by atoms with Gasteiger partial charge in [0.1, 0.15) is 5.75 Å². The molecule has 3 aliphatic carbocycles. The third kappa shape index (κ3) is 7.30. The summed E-state index contributed by atoms with van der Waals surface area (Å²) in [5.74, 6) is -0.730. The van der Waals surface area contributed by atoms with E-state index in [9.17, 15) is 32.2 Å². The summed E-state index contributed by atoms with van der Waals surface area (Å²) in [6.45, 7) is 2.32. The molecule has 0 aliphatic heterocycles. The molecule has 8 heteroatoms. The van der Waals surface area contributed by atoms with Gasteiger partial charge < -0.3 is 10.2 Å². The molecule has 228 valence electrons. The van der Waals surface area contributed by atoms with Gasteiger partial charge in [-0.3, -0.25) is 0 Å². The van der Waals surface area contributed by atoms with E-state index in [1.54, 1.807) is 0 Å². The van der Waals surface area contributed by atoms with Crippen molar-refractivity contribution < 1.29 is 32.2 Å². The van der Waals surface area contributed by atoms with E-state index in [4.69, 9.17) is 0 Å². The van der Waals surface area contributed by atoms with Crippen molar-refractivity contribution in [1.82, 2.24) is 0 Å². The zero-order valence-corrected chi connectivity index (χ0v) is 24.6. The Morgan fingerprint density at radius 1 is 0.900 bits per heavy atom. The number of aliphatic hydroxyl groups is 1. The number of thioether (sulfide) groups is 1. The first-order valence-corrected chi connectivity index (χ1v) is 16.6. The molecule has 6 unspecified atom stereocenters. The molecule has 2 nitrogen and oxygen atoms in total. The molecule has 0 amide bonds. The Balaban J connectivity index is 1.13. The van der Waals surface area contributed by atoms with Gasteiger partial charge in [-0.15, -0.1) is 0 Å². The lowest BCUT2D eigenvalue weighted by Gasteiger charge is -2.53. The average Bonchev–Trinajstić information content (AvgIpc) is 3.19. The minimum atomic E-state index is -5.44. The van der Waals surface area contributed by atoms with E-state index in [0.717, 1.165) is 57.1 Å². The van der Waals surface area contributed by atoms with Crippen molar-refractivity contribution in [2.24, 2.45) is 23.2 Å². The van der Waals surface area contributed by atoms with Gasteiger partial charge in [0.05, 0.1) is 6.10 Å². The Morgan fingerprint density at radius 3 is 2.30 bits per heavy atom. The highest BCUT2D eigenvalue weighted by Gasteiger charge is 2.57. The number of fused-ring (bicyclic) bond motifs is 5. The Hall–Kier alpha value is -1.02. The first-order valence-electron chi connectivity index (χ1n) is 15.5. The normalized spacial score (nSPS) is 30.1. The zero-order valence-electron chi connectivity index (χ0n) is 23.8. The monoisotopic (exact) mass is 590 g/mol. The molecular weight excluding hydrogens is 543 g/mol. The van der Waals surface area contributed by atoms with Gasteiger partial charge >= 0.3 is 12.1 Å². The molecule has 2 saturated carbocycles. The largest absolute Gasteiger partial charge is 0.508 e. The molecule has 6 atom stereocenters. The molecule has 1 aromatic carbocycles.